The summed E-state index contributed by atoms with van der Waals surface area (Å²) in [5, 5.41) is 10.8. The van der Waals surface area contributed by atoms with Crippen LogP contribution in [0.4, 0.5) is 5.69 Å². The number of aliphatic hydroxyl groups excluding tert-OH is 1. The highest BCUT2D eigenvalue weighted by Crippen LogP contribution is 2.47. The molecule has 1 spiro atoms. The van der Waals surface area contributed by atoms with Crippen molar-refractivity contribution in [1.82, 2.24) is 4.90 Å². The first kappa shape index (κ1) is 17.2. The Labute approximate surface area is 162 Å². The van der Waals surface area contributed by atoms with Crippen molar-refractivity contribution in [2.24, 2.45) is 0 Å². The lowest BCUT2D eigenvalue weighted by Crippen LogP contribution is -2.68. The monoisotopic (exact) mass is 376 g/mol. The first-order valence-corrected chi connectivity index (χ1v) is 9.36. The minimum absolute atomic E-state index is 0.0526. The summed E-state index contributed by atoms with van der Waals surface area (Å²) >= 11 is 0. The van der Waals surface area contributed by atoms with E-state index < -0.39 is 17.9 Å². The Morgan fingerprint density at radius 2 is 1.82 bits per heavy atom. The third kappa shape index (κ3) is 2.22. The van der Waals surface area contributed by atoms with E-state index in [-0.39, 0.29) is 24.4 Å². The van der Waals surface area contributed by atoms with Crippen LogP contribution in [-0.4, -0.2) is 40.2 Å². The molecule has 3 heterocycles. The second kappa shape index (κ2) is 6.02. The second-order valence-electron chi connectivity index (χ2n) is 7.39. The predicted octanol–water partition coefficient (Wildman–Crippen LogP) is 2.32. The third-order valence-corrected chi connectivity index (χ3v) is 5.84. The number of para-hydroxylation sites is 1. The van der Waals surface area contributed by atoms with Gasteiger partial charge in [-0.15, -0.1) is 0 Å². The van der Waals surface area contributed by atoms with E-state index in [1.165, 1.54) is 4.90 Å². The van der Waals surface area contributed by atoms with Crippen molar-refractivity contribution in [1.29, 1.82) is 0 Å². The van der Waals surface area contributed by atoms with Crippen molar-refractivity contribution in [3.05, 3.63) is 77.9 Å². The summed E-state index contributed by atoms with van der Waals surface area (Å²) in [5.41, 5.74) is 0.495. The molecule has 0 aromatic heterocycles. The van der Waals surface area contributed by atoms with Gasteiger partial charge in [-0.25, -0.2) is 0 Å². The van der Waals surface area contributed by atoms with Crippen LogP contribution < -0.4 is 4.90 Å². The molecule has 6 heteroatoms. The van der Waals surface area contributed by atoms with Gasteiger partial charge in [0.05, 0.1) is 11.7 Å². The number of carbonyl (C=O) groups excluding carboxylic acids is 2. The van der Waals surface area contributed by atoms with Crippen LogP contribution in [-0.2, 0) is 14.3 Å². The van der Waals surface area contributed by atoms with E-state index in [1.54, 1.807) is 41.3 Å². The van der Waals surface area contributed by atoms with E-state index in [1.807, 2.05) is 37.3 Å². The highest BCUT2D eigenvalue weighted by atomic mass is 16.6. The van der Waals surface area contributed by atoms with Crippen LogP contribution in [0.25, 0.3) is 0 Å². The summed E-state index contributed by atoms with van der Waals surface area (Å²) in [6.07, 6.45) is 1.66. The van der Waals surface area contributed by atoms with Crippen LogP contribution in [0.3, 0.4) is 0 Å². The Bertz CT molecular complexity index is 989. The maximum atomic E-state index is 13.6. The Balaban J connectivity index is 1.62. The van der Waals surface area contributed by atoms with Gasteiger partial charge in [0, 0.05) is 5.56 Å². The molecule has 0 saturated carbocycles. The van der Waals surface area contributed by atoms with Gasteiger partial charge in [-0.05, 0) is 24.6 Å². The molecular weight excluding hydrogens is 356 g/mol. The molecule has 2 aromatic rings. The lowest BCUT2D eigenvalue weighted by atomic mass is 9.96. The zero-order valence-electron chi connectivity index (χ0n) is 15.4. The second-order valence-corrected chi connectivity index (χ2v) is 7.39. The molecule has 6 nitrogen and oxygen atoms in total. The number of hydrogen-bond donors (Lipinski definition) is 1. The zero-order valence-corrected chi connectivity index (χ0v) is 15.4. The van der Waals surface area contributed by atoms with Crippen LogP contribution in [0, 0.1) is 0 Å². The fourth-order valence-corrected chi connectivity index (χ4v) is 4.36. The van der Waals surface area contributed by atoms with Crippen molar-refractivity contribution in [3.63, 3.8) is 0 Å². The predicted molar refractivity (Wildman–Crippen MR) is 102 cm³/mol. The zero-order chi connectivity index (χ0) is 19.5. The van der Waals surface area contributed by atoms with E-state index in [0.717, 1.165) is 5.56 Å². The minimum atomic E-state index is -1.56. The number of piperazine rings is 1. The van der Waals surface area contributed by atoms with Crippen molar-refractivity contribution in [2.45, 2.75) is 30.9 Å². The van der Waals surface area contributed by atoms with E-state index in [9.17, 15) is 14.7 Å². The van der Waals surface area contributed by atoms with E-state index in [4.69, 9.17) is 4.74 Å². The minimum Gasteiger partial charge on any atom is -0.385 e. The Morgan fingerprint density at radius 1 is 1.11 bits per heavy atom. The first-order chi connectivity index (χ1) is 13.5. The summed E-state index contributed by atoms with van der Waals surface area (Å²) in [4.78, 5) is 29.9. The SMILES string of the molecule is C[C@H](c1ccccc1)N1CC(=O)N2c3ccccc3[C@H](O)[C@H]3C=C[C@@]2(O3)C1=O. The van der Waals surface area contributed by atoms with Gasteiger partial charge in [0.25, 0.3) is 5.91 Å². The molecule has 0 radical (unpaired) electrons. The lowest BCUT2D eigenvalue weighted by molar-refractivity contribution is -0.168. The largest absolute Gasteiger partial charge is 0.385 e. The average molecular weight is 376 g/mol. The van der Waals surface area contributed by atoms with Crippen LogP contribution in [0.1, 0.15) is 30.2 Å². The molecule has 5 rings (SSSR count). The molecule has 3 aliphatic rings. The van der Waals surface area contributed by atoms with Crippen LogP contribution >= 0.6 is 0 Å². The average Bonchev–Trinajstić information content (AvgIpc) is 3.12. The summed E-state index contributed by atoms with van der Waals surface area (Å²) in [7, 11) is 0. The normalized spacial score (nSPS) is 29.4. The lowest BCUT2D eigenvalue weighted by Gasteiger charge is -2.47. The first-order valence-electron chi connectivity index (χ1n) is 9.36. The molecule has 4 atom stereocenters. The van der Waals surface area contributed by atoms with Gasteiger partial charge in [-0.1, -0.05) is 54.6 Å². The summed E-state index contributed by atoms with van der Waals surface area (Å²) in [6, 6.07) is 16.4. The van der Waals surface area contributed by atoms with Crippen LogP contribution in [0.2, 0.25) is 0 Å². The number of hydrogen-bond acceptors (Lipinski definition) is 4. The highest BCUT2D eigenvalue weighted by molar-refractivity contribution is 6.10. The summed E-state index contributed by atoms with van der Waals surface area (Å²) in [5.74, 6) is -0.541. The molecule has 1 fully saturated rings. The van der Waals surface area contributed by atoms with Crippen molar-refractivity contribution in [2.75, 3.05) is 11.4 Å². The van der Waals surface area contributed by atoms with Gasteiger partial charge in [0.2, 0.25) is 11.6 Å². The number of benzene rings is 2. The molecule has 142 valence electrons. The van der Waals surface area contributed by atoms with Gasteiger partial charge < -0.3 is 14.7 Å². The van der Waals surface area contributed by atoms with Gasteiger partial charge in [-0.2, -0.15) is 0 Å². The molecule has 2 amide bonds. The molecule has 3 aliphatic heterocycles. The summed E-state index contributed by atoms with van der Waals surface area (Å²) in [6.45, 7) is 1.85. The maximum absolute atomic E-state index is 13.6. The quantitative estimate of drug-likeness (QED) is 0.817. The van der Waals surface area contributed by atoms with E-state index in [2.05, 4.69) is 0 Å². The van der Waals surface area contributed by atoms with Crippen molar-refractivity contribution >= 4 is 17.5 Å². The van der Waals surface area contributed by atoms with Crippen molar-refractivity contribution < 1.29 is 19.4 Å². The van der Waals surface area contributed by atoms with Crippen LogP contribution in [0.5, 0.6) is 0 Å². The number of carbonyl (C=O) groups is 2. The fourth-order valence-electron chi connectivity index (χ4n) is 4.36. The molecule has 0 aliphatic carbocycles. The number of anilines is 1. The number of aliphatic hydroxyl groups is 1. The van der Waals surface area contributed by atoms with Gasteiger partial charge in [0.15, 0.2) is 0 Å². The fraction of sp³-hybridized carbons (Fsp3) is 0.273. The summed E-state index contributed by atoms with van der Waals surface area (Å²) < 4.78 is 6.06. The van der Waals surface area contributed by atoms with Crippen LogP contribution in [0.15, 0.2) is 66.7 Å². The topological polar surface area (TPSA) is 70.1 Å². The number of rotatable bonds is 2. The molecule has 1 saturated heterocycles. The molecule has 2 bridgehead atoms. The molecule has 2 aromatic carbocycles. The smallest absolute Gasteiger partial charge is 0.281 e. The van der Waals surface area contributed by atoms with E-state index >= 15 is 0 Å². The molecular formula is C22H20N2O4. The van der Waals surface area contributed by atoms with Gasteiger partial charge in [0.1, 0.15) is 18.8 Å². The maximum Gasteiger partial charge on any atom is 0.281 e. The Kier molecular flexibility index (Phi) is 3.69. The molecule has 1 N–H and O–H groups in total. The number of nitrogens with zero attached hydrogens (tertiary/aromatic N) is 2. The number of fused-ring (bicyclic) bond motifs is 3. The molecule has 0 unspecified atom stereocenters. The number of ether oxygens (including phenoxy) is 1. The van der Waals surface area contributed by atoms with Crippen molar-refractivity contribution in [3.8, 4) is 0 Å². The highest BCUT2D eigenvalue weighted by Gasteiger charge is 2.59. The molecule has 28 heavy (non-hydrogen) atoms. The number of amides is 2. The standard InChI is InChI=1S/C22H20N2O4/c1-14(15-7-3-2-4-8-15)23-13-19(25)24-17-10-6-5-9-16(17)20(26)18-11-12-22(24,28-18)21(23)27/h2-12,14,18,20,26H,13H2,1H3/t14-,18-,20+,22-/m1/s1. The van der Waals surface area contributed by atoms with Gasteiger partial charge >= 0.3 is 0 Å². The van der Waals surface area contributed by atoms with E-state index in [0.29, 0.717) is 11.3 Å². The Hall–Kier alpha value is -2.96. The Morgan fingerprint density at radius 3 is 2.61 bits per heavy atom. The van der Waals surface area contributed by atoms with Gasteiger partial charge in [-0.3, -0.25) is 14.5 Å². The third-order valence-electron chi connectivity index (χ3n) is 5.84.